The topological polar surface area (TPSA) is 38.9 Å². The van der Waals surface area contributed by atoms with E-state index in [0.29, 0.717) is 11.4 Å². The highest BCUT2D eigenvalue weighted by atomic mass is 19.4. The number of hydrogen-bond donors (Lipinski definition) is 1. The van der Waals surface area contributed by atoms with Crippen LogP contribution in [-0.2, 0) is 6.18 Å². The molecule has 2 aromatic rings. The van der Waals surface area contributed by atoms with Crippen molar-refractivity contribution in [3.63, 3.8) is 0 Å². The van der Waals surface area contributed by atoms with Crippen LogP contribution in [-0.4, -0.2) is 4.98 Å². The van der Waals surface area contributed by atoms with Gasteiger partial charge in [0.05, 0.1) is 5.56 Å². The first-order chi connectivity index (χ1) is 9.38. The number of nitrogen functional groups attached to an aromatic ring is 1. The van der Waals surface area contributed by atoms with E-state index < -0.39 is 11.7 Å². The Kier molecular flexibility index (Phi) is 5.13. The van der Waals surface area contributed by atoms with Gasteiger partial charge < -0.3 is 5.73 Å². The average molecular weight is 282 g/mol. The molecule has 20 heavy (non-hydrogen) atoms. The fourth-order valence-electron chi connectivity index (χ4n) is 1.72. The minimum absolute atomic E-state index is 0.392. The van der Waals surface area contributed by atoms with Gasteiger partial charge in [-0.1, -0.05) is 26.0 Å². The maximum absolute atomic E-state index is 12.4. The number of nitrogens with zero attached hydrogens (tertiary/aromatic N) is 1. The molecule has 2 nitrogen and oxygen atoms in total. The fourth-order valence-corrected chi connectivity index (χ4v) is 1.72. The van der Waals surface area contributed by atoms with Gasteiger partial charge in [-0.3, -0.25) is 0 Å². The quantitative estimate of drug-likeness (QED) is 0.824. The van der Waals surface area contributed by atoms with Crippen molar-refractivity contribution in [2.45, 2.75) is 26.9 Å². The molecule has 0 aliphatic heterocycles. The minimum Gasteiger partial charge on any atom is -0.384 e. The largest absolute Gasteiger partial charge is 0.416 e. The Bertz CT molecular complexity index is 560. The molecule has 2 N–H and O–H groups in total. The predicted molar refractivity (Wildman–Crippen MR) is 75.2 cm³/mol. The molecule has 0 aliphatic rings. The van der Waals surface area contributed by atoms with Crippen molar-refractivity contribution in [3.05, 3.63) is 47.7 Å². The second-order valence-corrected chi connectivity index (χ2v) is 4.00. The van der Waals surface area contributed by atoms with Crippen molar-refractivity contribution in [2.75, 3.05) is 5.73 Å². The molecule has 108 valence electrons. The molecule has 0 radical (unpaired) electrons. The second-order valence-electron chi connectivity index (χ2n) is 4.00. The fraction of sp³-hybridized carbons (Fsp3) is 0.267. The average Bonchev–Trinajstić information content (AvgIpc) is 2.40. The van der Waals surface area contributed by atoms with E-state index in [1.165, 1.54) is 12.1 Å². The van der Waals surface area contributed by atoms with Crippen LogP contribution in [0.15, 0.2) is 36.5 Å². The molecule has 2 rings (SSSR count). The number of benzene rings is 1. The van der Waals surface area contributed by atoms with Gasteiger partial charge in [-0.15, -0.1) is 0 Å². The number of nitrogens with two attached hydrogens (primary N) is 1. The summed E-state index contributed by atoms with van der Waals surface area (Å²) in [6, 6.07) is 6.68. The summed E-state index contributed by atoms with van der Waals surface area (Å²) in [6.07, 6.45) is -2.75. The van der Waals surface area contributed by atoms with Crippen molar-refractivity contribution in [2.24, 2.45) is 0 Å². The van der Waals surface area contributed by atoms with Crippen LogP contribution in [0.2, 0.25) is 0 Å². The van der Waals surface area contributed by atoms with E-state index in [2.05, 4.69) is 4.98 Å². The van der Waals surface area contributed by atoms with E-state index in [4.69, 9.17) is 5.73 Å². The third-order valence-electron chi connectivity index (χ3n) is 2.66. The molecule has 0 fully saturated rings. The molecule has 0 saturated carbocycles. The standard InChI is InChI=1S/C13H11F3N2.C2H6/c1-8-6-12(17)18-7-11(8)9-2-4-10(5-3-9)13(14,15)16;1-2/h2-7H,1H3,(H2,17,18);1-2H3. The number of anilines is 1. The van der Waals surface area contributed by atoms with E-state index in [1.54, 1.807) is 12.3 Å². The SMILES string of the molecule is CC.Cc1cc(N)ncc1-c1ccc(C(F)(F)F)cc1. The minimum atomic E-state index is -4.31. The maximum atomic E-state index is 12.4. The molecular weight excluding hydrogens is 265 g/mol. The van der Waals surface area contributed by atoms with E-state index >= 15 is 0 Å². The number of halogens is 3. The maximum Gasteiger partial charge on any atom is 0.416 e. The lowest BCUT2D eigenvalue weighted by atomic mass is 10.0. The number of rotatable bonds is 1. The molecule has 0 amide bonds. The Morgan fingerprint density at radius 1 is 1.05 bits per heavy atom. The molecule has 0 saturated heterocycles. The van der Waals surface area contributed by atoms with Gasteiger partial charge in [0, 0.05) is 11.8 Å². The number of pyridine rings is 1. The van der Waals surface area contributed by atoms with E-state index in [9.17, 15) is 13.2 Å². The normalized spacial score (nSPS) is 10.7. The van der Waals surface area contributed by atoms with Crippen LogP contribution in [0.25, 0.3) is 11.1 Å². The molecule has 1 heterocycles. The molecule has 1 aromatic carbocycles. The Morgan fingerprint density at radius 3 is 2.05 bits per heavy atom. The van der Waals surface area contributed by atoms with Gasteiger partial charge in [-0.2, -0.15) is 13.2 Å². The van der Waals surface area contributed by atoms with Gasteiger partial charge in [0.25, 0.3) is 0 Å². The predicted octanol–water partition coefficient (Wildman–Crippen LogP) is 4.68. The number of aromatic nitrogens is 1. The van der Waals surface area contributed by atoms with Gasteiger partial charge in [-0.25, -0.2) is 4.98 Å². The summed E-state index contributed by atoms with van der Waals surface area (Å²) in [7, 11) is 0. The molecule has 0 aliphatic carbocycles. The summed E-state index contributed by atoms with van der Waals surface area (Å²) >= 11 is 0. The molecule has 5 heteroatoms. The Balaban J connectivity index is 0.000000956. The van der Waals surface area contributed by atoms with Gasteiger partial charge in [0.15, 0.2) is 0 Å². The highest BCUT2D eigenvalue weighted by Crippen LogP contribution is 2.31. The molecule has 1 aromatic heterocycles. The molecule has 0 spiro atoms. The summed E-state index contributed by atoms with van der Waals surface area (Å²) in [6.45, 7) is 5.84. The zero-order chi connectivity index (χ0) is 15.3. The molecule has 0 bridgehead atoms. The zero-order valence-corrected chi connectivity index (χ0v) is 11.6. The number of alkyl halides is 3. The summed E-state index contributed by atoms with van der Waals surface area (Å²) in [4.78, 5) is 3.94. The van der Waals surface area contributed by atoms with Crippen LogP contribution < -0.4 is 5.73 Å². The lowest BCUT2D eigenvalue weighted by Crippen LogP contribution is -2.04. The van der Waals surface area contributed by atoms with Crippen LogP contribution >= 0.6 is 0 Å². The van der Waals surface area contributed by atoms with Crippen LogP contribution in [0.5, 0.6) is 0 Å². The van der Waals surface area contributed by atoms with Crippen LogP contribution in [0, 0.1) is 6.92 Å². The number of hydrogen-bond acceptors (Lipinski definition) is 2. The van der Waals surface area contributed by atoms with Crippen LogP contribution in [0.1, 0.15) is 25.0 Å². The molecule has 0 unspecified atom stereocenters. The molecule has 0 atom stereocenters. The van der Waals surface area contributed by atoms with E-state index in [1.807, 2.05) is 20.8 Å². The smallest absolute Gasteiger partial charge is 0.384 e. The lowest BCUT2D eigenvalue weighted by molar-refractivity contribution is -0.137. The third kappa shape index (κ3) is 3.73. The second kappa shape index (κ2) is 6.41. The Hall–Kier alpha value is -2.04. The highest BCUT2D eigenvalue weighted by Gasteiger charge is 2.29. The van der Waals surface area contributed by atoms with Crippen LogP contribution in [0.4, 0.5) is 19.0 Å². The van der Waals surface area contributed by atoms with E-state index in [0.717, 1.165) is 23.3 Å². The Morgan fingerprint density at radius 2 is 1.60 bits per heavy atom. The lowest BCUT2D eigenvalue weighted by Gasteiger charge is -2.09. The van der Waals surface area contributed by atoms with Gasteiger partial charge in [-0.05, 0) is 36.2 Å². The van der Waals surface area contributed by atoms with Crippen molar-refractivity contribution in [1.29, 1.82) is 0 Å². The van der Waals surface area contributed by atoms with Crippen molar-refractivity contribution >= 4 is 5.82 Å². The first kappa shape index (κ1) is 16.0. The summed E-state index contributed by atoms with van der Waals surface area (Å²) in [5, 5.41) is 0. The van der Waals surface area contributed by atoms with Crippen molar-refractivity contribution in [3.8, 4) is 11.1 Å². The monoisotopic (exact) mass is 282 g/mol. The number of aryl methyl sites for hydroxylation is 1. The first-order valence-corrected chi connectivity index (χ1v) is 6.27. The Labute approximate surface area is 116 Å². The summed E-state index contributed by atoms with van der Waals surface area (Å²) in [5.74, 6) is 0.392. The third-order valence-corrected chi connectivity index (χ3v) is 2.66. The van der Waals surface area contributed by atoms with E-state index in [-0.39, 0.29) is 0 Å². The molecular formula is C15H17F3N2. The zero-order valence-electron chi connectivity index (χ0n) is 11.6. The van der Waals surface area contributed by atoms with Crippen LogP contribution in [0.3, 0.4) is 0 Å². The highest BCUT2D eigenvalue weighted by molar-refractivity contribution is 5.67. The van der Waals surface area contributed by atoms with Gasteiger partial charge >= 0.3 is 6.18 Å². The van der Waals surface area contributed by atoms with Gasteiger partial charge in [0.1, 0.15) is 5.82 Å². The van der Waals surface area contributed by atoms with Crippen molar-refractivity contribution in [1.82, 2.24) is 4.98 Å². The first-order valence-electron chi connectivity index (χ1n) is 6.27. The summed E-state index contributed by atoms with van der Waals surface area (Å²) < 4.78 is 37.3. The van der Waals surface area contributed by atoms with Gasteiger partial charge in [0.2, 0.25) is 0 Å². The van der Waals surface area contributed by atoms with Crippen molar-refractivity contribution < 1.29 is 13.2 Å². The summed E-state index contributed by atoms with van der Waals surface area (Å²) in [5.41, 5.74) is 7.21.